The molecule has 0 atom stereocenters. The van der Waals surface area contributed by atoms with Crippen molar-refractivity contribution in [3.05, 3.63) is 72.8 Å². The summed E-state index contributed by atoms with van der Waals surface area (Å²) in [5, 5.41) is 10.2. The van der Waals surface area contributed by atoms with Crippen LogP contribution in [0.25, 0.3) is 44.5 Å². The van der Waals surface area contributed by atoms with Crippen LogP contribution in [0.4, 0.5) is 0 Å². The molecule has 2 aromatic heterocycles. The predicted molar refractivity (Wildman–Crippen MR) is 92.4 cm³/mol. The Balaban J connectivity index is 1.60. The molecule has 0 radical (unpaired) electrons. The molecule has 0 aliphatic heterocycles. The zero-order chi connectivity index (χ0) is 15.9. The zero-order valence-corrected chi connectivity index (χ0v) is 12.6. The van der Waals surface area contributed by atoms with Crippen LogP contribution < -0.4 is 0 Å². The molecule has 0 spiro atoms. The first-order valence-electron chi connectivity index (χ1n) is 7.70. The SMILES string of the molecule is c1ccc2c(-c3ccc(-c4onc5ccccc45)cc3)onc2c1. The summed E-state index contributed by atoms with van der Waals surface area (Å²) < 4.78 is 11.0. The van der Waals surface area contributed by atoms with E-state index in [0.29, 0.717) is 0 Å². The monoisotopic (exact) mass is 312 g/mol. The molecular weight excluding hydrogens is 300 g/mol. The zero-order valence-electron chi connectivity index (χ0n) is 12.6. The van der Waals surface area contributed by atoms with Gasteiger partial charge in [0.25, 0.3) is 0 Å². The maximum absolute atomic E-state index is 5.52. The van der Waals surface area contributed by atoms with Crippen molar-refractivity contribution in [3.63, 3.8) is 0 Å². The minimum Gasteiger partial charge on any atom is -0.355 e. The van der Waals surface area contributed by atoms with E-state index in [-0.39, 0.29) is 0 Å². The molecule has 3 aromatic carbocycles. The van der Waals surface area contributed by atoms with E-state index in [2.05, 4.69) is 10.3 Å². The Labute approximate surface area is 137 Å². The van der Waals surface area contributed by atoms with Gasteiger partial charge >= 0.3 is 0 Å². The van der Waals surface area contributed by atoms with Crippen LogP contribution in [0.15, 0.2) is 81.8 Å². The highest BCUT2D eigenvalue weighted by molar-refractivity contribution is 5.93. The summed E-state index contributed by atoms with van der Waals surface area (Å²) in [7, 11) is 0. The fraction of sp³-hybridized carbons (Fsp3) is 0. The lowest BCUT2D eigenvalue weighted by molar-refractivity contribution is 0.440. The smallest absolute Gasteiger partial charge is 0.174 e. The molecule has 0 aliphatic carbocycles. The maximum Gasteiger partial charge on any atom is 0.174 e. The van der Waals surface area contributed by atoms with Crippen molar-refractivity contribution in [1.29, 1.82) is 0 Å². The number of benzene rings is 3. The van der Waals surface area contributed by atoms with E-state index in [4.69, 9.17) is 9.05 Å². The average molecular weight is 312 g/mol. The first-order chi connectivity index (χ1) is 11.9. The van der Waals surface area contributed by atoms with Gasteiger partial charge in [-0.05, 0) is 24.3 Å². The third-order valence-corrected chi connectivity index (χ3v) is 4.18. The van der Waals surface area contributed by atoms with Gasteiger partial charge in [-0.25, -0.2) is 0 Å². The van der Waals surface area contributed by atoms with Gasteiger partial charge in [0.15, 0.2) is 11.5 Å². The van der Waals surface area contributed by atoms with Crippen molar-refractivity contribution in [1.82, 2.24) is 10.3 Å². The predicted octanol–water partition coefficient (Wildman–Crippen LogP) is 5.30. The van der Waals surface area contributed by atoms with Crippen LogP contribution in [0.3, 0.4) is 0 Å². The van der Waals surface area contributed by atoms with Crippen molar-refractivity contribution in [2.45, 2.75) is 0 Å². The normalized spacial score (nSPS) is 11.3. The van der Waals surface area contributed by atoms with Gasteiger partial charge in [-0.1, -0.05) is 58.8 Å². The molecule has 5 rings (SSSR count). The minimum absolute atomic E-state index is 0.777. The summed E-state index contributed by atoms with van der Waals surface area (Å²) in [6.45, 7) is 0. The van der Waals surface area contributed by atoms with Gasteiger partial charge in [-0.15, -0.1) is 0 Å². The summed E-state index contributed by atoms with van der Waals surface area (Å²) in [6, 6.07) is 23.8. The van der Waals surface area contributed by atoms with Gasteiger partial charge in [0.2, 0.25) is 0 Å². The third kappa shape index (κ3) is 1.93. The van der Waals surface area contributed by atoms with Crippen molar-refractivity contribution in [2.24, 2.45) is 0 Å². The van der Waals surface area contributed by atoms with E-state index in [1.807, 2.05) is 72.8 Å². The second-order valence-electron chi connectivity index (χ2n) is 5.64. The van der Waals surface area contributed by atoms with Crippen molar-refractivity contribution >= 4 is 21.8 Å². The van der Waals surface area contributed by atoms with Gasteiger partial charge in [0.1, 0.15) is 11.0 Å². The van der Waals surface area contributed by atoms with Crippen LogP contribution in [0.2, 0.25) is 0 Å². The molecule has 0 N–H and O–H groups in total. The van der Waals surface area contributed by atoms with Crippen molar-refractivity contribution < 1.29 is 9.05 Å². The van der Waals surface area contributed by atoms with E-state index in [1.165, 1.54) is 0 Å². The van der Waals surface area contributed by atoms with Gasteiger partial charge in [0.05, 0.1) is 0 Å². The fourth-order valence-corrected chi connectivity index (χ4v) is 2.97. The molecule has 24 heavy (non-hydrogen) atoms. The van der Waals surface area contributed by atoms with Crippen molar-refractivity contribution in [3.8, 4) is 22.6 Å². The Hall–Kier alpha value is -3.40. The quantitative estimate of drug-likeness (QED) is 0.443. The first-order valence-corrected chi connectivity index (χ1v) is 7.70. The first kappa shape index (κ1) is 13.1. The van der Waals surface area contributed by atoms with Crippen LogP contribution in [-0.4, -0.2) is 10.3 Å². The van der Waals surface area contributed by atoms with Gasteiger partial charge in [-0.2, -0.15) is 0 Å². The van der Waals surface area contributed by atoms with E-state index >= 15 is 0 Å². The standard InChI is InChI=1S/C20H12N2O2/c1-3-7-17-15(5-1)19(23-21-17)13-9-11-14(12-10-13)20-16-6-2-4-8-18(16)22-24-20/h1-12H. The fourth-order valence-electron chi connectivity index (χ4n) is 2.97. The van der Waals surface area contributed by atoms with Crippen LogP contribution in [-0.2, 0) is 0 Å². The van der Waals surface area contributed by atoms with Crippen LogP contribution in [0.1, 0.15) is 0 Å². The highest BCUT2D eigenvalue weighted by Crippen LogP contribution is 2.32. The number of nitrogens with zero attached hydrogens (tertiary/aromatic N) is 2. The van der Waals surface area contributed by atoms with Crippen LogP contribution >= 0.6 is 0 Å². The Morgan fingerprint density at radius 3 is 1.38 bits per heavy atom. The summed E-state index contributed by atoms with van der Waals surface area (Å²) in [6.07, 6.45) is 0. The molecule has 0 aliphatic rings. The summed E-state index contributed by atoms with van der Waals surface area (Å²) in [4.78, 5) is 0. The lowest BCUT2D eigenvalue weighted by atomic mass is 10.0. The minimum atomic E-state index is 0.777. The molecule has 0 unspecified atom stereocenters. The molecule has 4 heteroatoms. The molecule has 0 saturated heterocycles. The maximum atomic E-state index is 5.52. The second-order valence-corrected chi connectivity index (χ2v) is 5.64. The number of aromatic nitrogens is 2. The topological polar surface area (TPSA) is 52.1 Å². The number of hydrogen-bond acceptors (Lipinski definition) is 4. The second kappa shape index (κ2) is 5.06. The summed E-state index contributed by atoms with van der Waals surface area (Å²) in [5.74, 6) is 1.55. The Morgan fingerprint density at radius 2 is 0.917 bits per heavy atom. The number of hydrogen-bond donors (Lipinski definition) is 0. The summed E-state index contributed by atoms with van der Waals surface area (Å²) >= 11 is 0. The highest BCUT2D eigenvalue weighted by atomic mass is 16.5. The lowest BCUT2D eigenvalue weighted by Crippen LogP contribution is -1.78. The largest absolute Gasteiger partial charge is 0.355 e. The van der Waals surface area contributed by atoms with E-state index in [0.717, 1.165) is 44.5 Å². The molecule has 0 bridgehead atoms. The molecule has 0 fully saturated rings. The molecule has 4 nitrogen and oxygen atoms in total. The molecule has 5 aromatic rings. The van der Waals surface area contributed by atoms with Gasteiger partial charge < -0.3 is 9.05 Å². The molecule has 2 heterocycles. The van der Waals surface area contributed by atoms with E-state index in [9.17, 15) is 0 Å². The molecule has 114 valence electrons. The van der Waals surface area contributed by atoms with E-state index in [1.54, 1.807) is 0 Å². The van der Waals surface area contributed by atoms with Crippen LogP contribution in [0.5, 0.6) is 0 Å². The van der Waals surface area contributed by atoms with Gasteiger partial charge in [0, 0.05) is 21.9 Å². The Bertz CT molecular complexity index is 1060. The summed E-state index contributed by atoms with van der Waals surface area (Å²) in [5.41, 5.74) is 3.68. The van der Waals surface area contributed by atoms with E-state index < -0.39 is 0 Å². The lowest BCUT2D eigenvalue weighted by Gasteiger charge is -2.00. The average Bonchev–Trinajstić information content (AvgIpc) is 3.26. The Kier molecular flexibility index (Phi) is 2.76. The van der Waals surface area contributed by atoms with Crippen LogP contribution in [0, 0.1) is 0 Å². The number of rotatable bonds is 2. The number of fused-ring (bicyclic) bond motifs is 2. The molecule has 0 saturated carbocycles. The van der Waals surface area contributed by atoms with Crippen molar-refractivity contribution in [2.75, 3.05) is 0 Å². The Morgan fingerprint density at radius 1 is 0.500 bits per heavy atom. The van der Waals surface area contributed by atoms with Gasteiger partial charge in [-0.3, -0.25) is 0 Å². The molecular formula is C20H12N2O2. The molecule has 0 amide bonds. The third-order valence-electron chi connectivity index (χ3n) is 4.18. The highest BCUT2D eigenvalue weighted by Gasteiger charge is 2.13.